The van der Waals surface area contributed by atoms with Crippen LogP contribution in [0.3, 0.4) is 0 Å². The minimum absolute atomic E-state index is 0.0878. The number of fused-ring (bicyclic) bond motifs is 1. The van der Waals surface area contributed by atoms with Gasteiger partial charge in [0.1, 0.15) is 5.69 Å². The summed E-state index contributed by atoms with van der Waals surface area (Å²) < 4.78 is 16.1. The van der Waals surface area contributed by atoms with Gasteiger partial charge in [-0.25, -0.2) is 4.79 Å². The van der Waals surface area contributed by atoms with Gasteiger partial charge < -0.3 is 24.5 Å². The first kappa shape index (κ1) is 29.4. The number of piperazine rings is 1. The molecule has 10 heteroatoms. The average Bonchev–Trinajstić information content (AvgIpc) is 3.35. The summed E-state index contributed by atoms with van der Waals surface area (Å²) in [5.41, 5.74) is 3.54. The molecule has 2 N–H and O–H groups in total. The Hall–Kier alpha value is -4.05. The lowest BCUT2D eigenvalue weighted by molar-refractivity contribution is -0.117. The van der Waals surface area contributed by atoms with E-state index in [0.29, 0.717) is 46.2 Å². The summed E-state index contributed by atoms with van der Waals surface area (Å²) in [5.74, 6) is 0.219. The number of aromatic amines is 1. The van der Waals surface area contributed by atoms with Gasteiger partial charge >= 0.3 is 5.97 Å². The minimum atomic E-state index is -0.551. The van der Waals surface area contributed by atoms with Crippen molar-refractivity contribution in [1.82, 2.24) is 14.8 Å². The molecule has 0 spiro atoms. The Balaban J connectivity index is 1.31. The Kier molecular flexibility index (Phi) is 9.31. The van der Waals surface area contributed by atoms with Crippen LogP contribution in [-0.4, -0.2) is 80.2 Å². The van der Waals surface area contributed by atoms with Crippen LogP contribution >= 0.6 is 11.6 Å². The number of aromatic nitrogens is 1. The number of hydrogen-bond donors (Lipinski definition) is 2. The van der Waals surface area contributed by atoms with Crippen molar-refractivity contribution in [2.75, 3.05) is 58.9 Å². The highest BCUT2D eigenvalue weighted by atomic mass is 35.5. The first-order chi connectivity index (χ1) is 20.4. The predicted molar refractivity (Wildman–Crippen MR) is 164 cm³/mol. The van der Waals surface area contributed by atoms with Gasteiger partial charge in [0.25, 0.3) is 0 Å². The summed E-state index contributed by atoms with van der Waals surface area (Å²) in [5, 5.41) is 4.30. The Morgan fingerprint density at radius 1 is 0.929 bits per heavy atom. The van der Waals surface area contributed by atoms with Crippen molar-refractivity contribution in [3.05, 3.63) is 88.6 Å². The summed E-state index contributed by atoms with van der Waals surface area (Å²) in [7, 11) is 3.08. The molecule has 220 valence electrons. The average molecular weight is 591 g/mol. The zero-order valence-corrected chi connectivity index (χ0v) is 24.7. The SMILES string of the molecule is CCOC(=O)c1[nH]c2cc(OC)c(OC)cc2c1NC(=O)CN1CCN(C(c2ccccc2)c2ccc(Cl)cc2)CC1. The summed E-state index contributed by atoms with van der Waals surface area (Å²) >= 11 is 6.17. The maximum Gasteiger partial charge on any atom is 0.356 e. The molecule has 1 aliphatic heterocycles. The maximum atomic E-state index is 13.3. The quantitative estimate of drug-likeness (QED) is 0.240. The Labute approximate surface area is 250 Å². The number of H-pyrrole nitrogens is 1. The van der Waals surface area contributed by atoms with E-state index in [4.69, 9.17) is 25.8 Å². The van der Waals surface area contributed by atoms with E-state index < -0.39 is 5.97 Å². The zero-order valence-electron chi connectivity index (χ0n) is 24.0. The largest absolute Gasteiger partial charge is 0.493 e. The first-order valence-corrected chi connectivity index (χ1v) is 14.3. The molecule has 1 saturated heterocycles. The van der Waals surface area contributed by atoms with Crippen LogP contribution in [0.5, 0.6) is 11.5 Å². The number of benzene rings is 3. The van der Waals surface area contributed by atoms with Crippen LogP contribution in [0.1, 0.15) is 34.6 Å². The molecule has 0 saturated carbocycles. The number of amides is 1. The van der Waals surface area contributed by atoms with E-state index in [9.17, 15) is 9.59 Å². The lowest BCUT2D eigenvalue weighted by Crippen LogP contribution is -2.49. The highest BCUT2D eigenvalue weighted by Crippen LogP contribution is 2.37. The highest BCUT2D eigenvalue weighted by Gasteiger charge is 2.28. The van der Waals surface area contributed by atoms with Gasteiger partial charge in [-0.1, -0.05) is 54.1 Å². The fraction of sp³-hybridized carbons (Fsp3) is 0.312. The monoisotopic (exact) mass is 590 g/mol. The van der Waals surface area contributed by atoms with Crippen molar-refractivity contribution in [3.8, 4) is 11.5 Å². The lowest BCUT2D eigenvalue weighted by Gasteiger charge is -2.39. The standard InChI is InChI=1S/C32H35ClN4O5/c1-4-42-32(39)30-29(24-18-26(40-2)27(41-3)19-25(24)34-30)35-28(38)20-36-14-16-37(17-15-36)31(21-8-6-5-7-9-21)22-10-12-23(33)13-11-22/h5-13,18-19,31,34H,4,14-17,20H2,1-3H3,(H,35,38). The van der Waals surface area contributed by atoms with Crippen LogP contribution in [0.2, 0.25) is 5.02 Å². The van der Waals surface area contributed by atoms with Crippen LogP contribution in [-0.2, 0) is 9.53 Å². The lowest BCUT2D eigenvalue weighted by atomic mass is 9.96. The molecular weight excluding hydrogens is 556 g/mol. The van der Waals surface area contributed by atoms with Gasteiger partial charge in [-0.15, -0.1) is 0 Å². The molecule has 1 unspecified atom stereocenters. The predicted octanol–water partition coefficient (Wildman–Crippen LogP) is 5.36. The molecule has 1 amide bonds. The van der Waals surface area contributed by atoms with Crippen LogP contribution < -0.4 is 14.8 Å². The highest BCUT2D eigenvalue weighted by molar-refractivity contribution is 6.30. The number of ether oxygens (including phenoxy) is 3. The summed E-state index contributed by atoms with van der Waals surface area (Å²) in [6.07, 6.45) is 0. The van der Waals surface area contributed by atoms with Crippen molar-refractivity contribution >= 4 is 40.1 Å². The van der Waals surface area contributed by atoms with E-state index >= 15 is 0 Å². The molecule has 1 aromatic heterocycles. The topological polar surface area (TPSA) is 96.1 Å². The van der Waals surface area contributed by atoms with Crippen molar-refractivity contribution in [2.24, 2.45) is 0 Å². The Morgan fingerprint density at radius 2 is 1.57 bits per heavy atom. The number of rotatable bonds is 10. The van der Waals surface area contributed by atoms with Crippen molar-refractivity contribution in [1.29, 1.82) is 0 Å². The first-order valence-electron chi connectivity index (χ1n) is 13.9. The van der Waals surface area contributed by atoms with Crippen molar-refractivity contribution in [2.45, 2.75) is 13.0 Å². The minimum Gasteiger partial charge on any atom is -0.493 e. The molecule has 3 aromatic carbocycles. The third-order valence-corrected chi connectivity index (χ3v) is 7.74. The van der Waals surface area contributed by atoms with Gasteiger partial charge in [-0.2, -0.15) is 0 Å². The smallest absolute Gasteiger partial charge is 0.356 e. The number of nitrogens with zero attached hydrogens (tertiary/aromatic N) is 2. The van der Waals surface area contributed by atoms with E-state index in [1.807, 2.05) is 18.2 Å². The molecule has 9 nitrogen and oxygen atoms in total. The Bertz CT molecular complexity index is 1530. The van der Waals surface area contributed by atoms with Crippen LogP contribution in [0.25, 0.3) is 10.9 Å². The van der Waals surface area contributed by atoms with Gasteiger partial charge in [0, 0.05) is 42.7 Å². The van der Waals surface area contributed by atoms with Gasteiger partial charge in [-0.05, 0) is 36.2 Å². The molecule has 1 atom stereocenters. The molecule has 2 heterocycles. The molecule has 5 rings (SSSR count). The molecular formula is C32H35ClN4O5. The molecule has 0 aliphatic carbocycles. The fourth-order valence-corrected chi connectivity index (χ4v) is 5.59. The van der Waals surface area contributed by atoms with Crippen molar-refractivity contribution in [3.63, 3.8) is 0 Å². The van der Waals surface area contributed by atoms with Gasteiger partial charge in [-0.3, -0.25) is 14.6 Å². The maximum absolute atomic E-state index is 13.3. The molecule has 4 aromatic rings. The number of anilines is 1. The van der Waals surface area contributed by atoms with Crippen molar-refractivity contribution < 1.29 is 23.8 Å². The Morgan fingerprint density at radius 3 is 2.21 bits per heavy atom. The molecule has 42 heavy (non-hydrogen) atoms. The number of carbonyl (C=O) groups excluding carboxylic acids is 2. The van der Waals surface area contributed by atoms with E-state index in [2.05, 4.69) is 56.5 Å². The fourth-order valence-electron chi connectivity index (χ4n) is 5.46. The number of halogens is 1. The second-order valence-electron chi connectivity index (χ2n) is 10.1. The second kappa shape index (κ2) is 13.3. The number of esters is 1. The second-order valence-corrected chi connectivity index (χ2v) is 10.5. The summed E-state index contributed by atoms with van der Waals surface area (Å²) in [6.45, 7) is 5.13. The van der Waals surface area contributed by atoms with Gasteiger partial charge in [0.05, 0.1) is 44.6 Å². The normalized spacial score (nSPS) is 14.9. The summed E-state index contributed by atoms with van der Waals surface area (Å²) in [4.78, 5) is 33.7. The van der Waals surface area contributed by atoms with E-state index in [1.54, 1.807) is 26.2 Å². The van der Waals surface area contributed by atoms with Crippen LogP contribution in [0, 0.1) is 0 Å². The van der Waals surface area contributed by atoms with Gasteiger partial charge in [0.15, 0.2) is 11.5 Å². The third-order valence-electron chi connectivity index (χ3n) is 7.49. The van der Waals surface area contributed by atoms with Gasteiger partial charge in [0.2, 0.25) is 5.91 Å². The number of nitrogens with one attached hydrogen (secondary N) is 2. The van der Waals surface area contributed by atoms with Crippen LogP contribution in [0.4, 0.5) is 5.69 Å². The molecule has 1 fully saturated rings. The molecule has 0 radical (unpaired) electrons. The number of hydrogen-bond acceptors (Lipinski definition) is 7. The number of carbonyl (C=O) groups is 2. The zero-order chi connectivity index (χ0) is 29.6. The van der Waals surface area contributed by atoms with E-state index in [-0.39, 0.29) is 30.8 Å². The van der Waals surface area contributed by atoms with E-state index in [0.717, 1.165) is 13.1 Å². The van der Waals surface area contributed by atoms with E-state index in [1.165, 1.54) is 18.2 Å². The molecule has 1 aliphatic rings. The third kappa shape index (κ3) is 6.38. The van der Waals surface area contributed by atoms with Crippen LogP contribution in [0.15, 0.2) is 66.7 Å². The molecule has 0 bridgehead atoms. The number of methoxy groups -OCH3 is 2. The summed E-state index contributed by atoms with van der Waals surface area (Å²) in [6, 6.07) is 22.0.